The zero-order valence-electron chi connectivity index (χ0n) is 16.6. The summed E-state index contributed by atoms with van der Waals surface area (Å²) in [6.45, 7) is 0.488. The van der Waals surface area contributed by atoms with Crippen LogP contribution in [0.5, 0.6) is 0 Å². The number of rotatable bonds is 7. The average Bonchev–Trinajstić information content (AvgIpc) is 3.72. The molecule has 2 fully saturated rings. The summed E-state index contributed by atoms with van der Waals surface area (Å²) in [5.41, 5.74) is 2.85. The van der Waals surface area contributed by atoms with Gasteiger partial charge in [-0.15, -0.1) is 0 Å². The van der Waals surface area contributed by atoms with Gasteiger partial charge in [0.25, 0.3) is 11.8 Å². The fourth-order valence-electron chi connectivity index (χ4n) is 3.47. The smallest absolute Gasteiger partial charge is 0.276 e. The molecule has 2 saturated carbocycles. The lowest BCUT2D eigenvalue weighted by molar-refractivity contribution is 0.0719. The van der Waals surface area contributed by atoms with Gasteiger partial charge in [-0.1, -0.05) is 47.6 Å². The molecular formula is C24H23N3O3. The van der Waals surface area contributed by atoms with Gasteiger partial charge >= 0.3 is 0 Å². The van der Waals surface area contributed by atoms with Gasteiger partial charge in [0.1, 0.15) is 0 Å². The van der Waals surface area contributed by atoms with Crippen LogP contribution in [-0.2, 0) is 6.54 Å². The maximum absolute atomic E-state index is 13.1. The molecule has 0 aliphatic heterocycles. The molecule has 6 nitrogen and oxygen atoms in total. The van der Waals surface area contributed by atoms with Crippen molar-refractivity contribution in [1.29, 1.82) is 0 Å². The second kappa shape index (κ2) is 7.78. The van der Waals surface area contributed by atoms with Crippen molar-refractivity contribution in [2.24, 2.45) is 0 Å². The van der Waals surface area contributed by atoms with Gasteiger partial charge in [0.15, 0.2) is 11.5 Å². The van der Waals surface area contributed by atoms with Gasteiger partial charge in [0.05, 0.1) is 0 Å². The fraction of sp³-hybridized carbons (Fsp3) is 0.292. The van der Waals surface area contributed by atoms with E-state index < -0.39 is 0 Å². The molecule has 1 N–H and O–H groups in total. The molecule has 5 rings (SSSR count). The lowest BCUT2D eigenvalue weighted by atomic mass is 10.1. The minimum absolute atomic E-state index is 0.0322. The van der Waals surface area contributed by atoms with Crippen LogP contribution >= 0.6 is 0 Å². The van der Waals surface area contributed by atoms with Crippen LogP contribution in [0.3, 0.4) is 0 Å². The first kappa shape index (κ1) is 18.6. The highest BCUT2D eigenvalue weighted by Gasteiger charge is 2.34. The first-order chi connectivity index (χ1) is 14.7. The molecule has 0 unspecified atom stereocenters. The van der Waals surface area contributed by atoms with Gasteiger partial charge in [-0.25, -0.2) is 0 Å². The second-order valence-corrected chi connectivity index (χ2v) is 8.05. The van der Waals surface area contributed by atoms with Crippen LogP contribution in [-0.4, -0.2) is 34.0 Å². The van der Waals surface area contributed by atoms with Crippen LogP contribution in [0, 0.1) is 0 Å². The van der Waals surface area contributed by atoms with Crippen molar-refractivity contribution in [1.82, 2.24) is 15.4 Å². The van der Waals surface area contributed by atoms with Crippen molar-refractivity contribution in [2.75, 3.05) is 0 Å². The molecule has 0 saturated heterocycles. The summed E-state index contributed by atoms with van der Waals surface area (Å²) in [5.74, 6) is 0.426. The van der Waals surface area contributed by atoms with E-state index >= 15 is 0 Å². The van der Waals surface area contributed by atoms with Crippen LogP contribution in [0.25, 0.3) is 11.3 Å². The molecule has 2 aliphatic rings. The third-order valence-electron chi connectivity index (χ3n) is 5.52. The van der Waals surface area contributed by atoms with Crippen molar-refractivity contribution >= 4 is 11.8 Å². The van der Waals surface area contributed by atoms with E-state index in [1.54, 1.807) is 6.07 Å². The van der Waals surface area contributed by atoms with E-state index in [0.29, 0.717) is 29.6 Å². The molecule has 0 bridgehead atoms. The Balaban J connectivity index is 1.29. The highest BCUT2D eigenvalue weighted by molar-refractivity contribution is 5.95. The first-order valence-electron chi connectivity index (χ1n) is 10.4. The molecule has 2 aliphatic carbocycles. The minimum atomic E-state index is -0.126. The molecule has 0 atom stereocenters. The van der Waals surface area contributed by atoms with E-state index in [-0.39, 0.29) is 17.9 Å². The van der Waals surface area contributed by atoms with Gasteiger partial charge < -0.3 is 14.7 Å². The Morgan fingerprint density at radius 1 is 1.00 bits per heavy atom. The summed E-state index contributed by atoms with van der Waals surface area (Å²) in [4.78, 5) is 27.1. The van der Waals surface area contributed by atoms with Crippen LogP contribution in [0.15, 0.2) is 65.2 Å². The number of carbonyl (C=O) groups excluding carboxylic acids is 2. The summed E-state index contributed by atoms with van der Waals surface area (Å²) in [5, 5.41) is 7.01. The van der Waals surface area contributed by atoms with E-state index in [2.05, 4.69) is 10.5 Å². The minimum Gasteiger partial charge on any atom is -0.355 e. The topological polar surface area (TPSA) is 75.4 Å². The molecule has 3 aromatic rings. The summed E-state index contributed by atoms with van der Waals surface area (Å²) < 4.78 is 5.41. The third kappa shape index (κ3) is 4.13. The number of carbonyl (C=O) groups is 2. The molecular weight excluding hydrogens is 378 g/mol. The Hall–Kier alpha value is -3.41. The zero-order chi connectivity index (χ0) is 20.5. The lowest BCUT2D eigenvalue weighted by Crippen LogP contribution is -2.32. The van der Waals surface area contributed by atoms with E-state index in [9.17, 15) is 9.59 Å². The molecule has 2 aromatic carbocycles. The second-order valence-electron chi connectivity index (χ2n) is 8.05. The molecule has 2 amide bonds. The predicted molar refractivity (Wildman–Crippen MR) is 112 cm³/mol. The highest BCUT2D eigenvalue weighted by atomic mass is 16.5. The monoisotopic (exact) mass is 401 g/mol. The van der Waals surface area contributed by atoms with Crippen molar-refractivity contribution < 1.29 is 14.1 Å². The zero-order valence-corrected chi connectivity index (χ0v) is 16.6. The number of amides is 2. The molecule has 0 spiro atoms. The fourth-order valence-corrected chi connectivity index (χ4v) is 3.47. The summed E-state index contributed by atoms with van der Waals surface area (Å²) >= 11 is 0. The Bertz CT molecular complexity index is 1050. The predicted octanol–water partition coefficient (Wildman–Crippen LogP) is 4.04. The third-order valence-corrected chi connectivity index (χ3v) is 5.52. The van der Waals surface area contributed by atoms with E-state index in [4.69, 9.17) is 4.52 Å². The van der Waals surface area contributed by atoms with Gasteiger partial charge in [0, 0.05) is 35.8 Å². The lowest BCUT2D eigenvalue weighted by Gasteiger charge is -2.21. The molecule has 30 heavy (non-hydrogen) atoms. The summed E-state index contributed by atoms with van der Waals surface area (Å²) in [6.07, 6.45) is 4.13. The van der Waals surface area contributed by atoms with Crippen LogP contribution < -0.4 is 5.32 Å². The van der Waals surface area contributed by atoms with Crippen molar-refractivity contribution in [3.63, 3.8) is 0 Å². The van der Waals surface area contributed by atoms with Crippen LogP contribution in [0.2, 0.25) is 0 Å². The molecule has 1 aromatic heterocycles. The number of hydrogen-bond donors (Lipinski definition) is 1. The van der Waals surface area contributed by atoms with Gasteiger partial charge in [-0.3, -0.25) is 9.59 Å². The van der Waals surface area contributed by atoms with Gasteiger partial charge in [-0.2, -0.15) is 0 Å². The van der Waals surface area contributed by atoms with E-state index in [0.717, 1.165) is 36.8 Å². The molecule has 0 radical (unpaired) electrons. The van der Waals surface area contributed by atoms with Crippen LogP contribution in [0.1, 0.15) is 52.1 Å². The van der Waals surface area contributed by atoms with Gasteiger partial charge in [0.2, 0.25) is 0 Å². The Kier molecular flexibility index (Phi) is 4.83. The van der Waals surface area contributed by atoms with Crippen molar-refractivity contribution in [3.05, 3.63) is 77.5 Å². The largest absolute Gasteiger partial charge is 0.355 e. The summed E-state index contributed by atoms with van der Waals surface area (Å²) in [7, 11) is 0. The average molecular weight is 401 g/mol. The standard InChI is InChI=1S/C24H23N3O3/c28-23(25-19-10-11-19)18-8-6-16(7-9-18)15-27(20-12-13-20)24(29)21-14-22(30-26-21)17-4-2-1-3-5-17/h1-9,14,19-20H,10-13,15H2,(H,25,28). The number of nitrogens with zero attached hydrogens (tertiary/aromatic N) is 2. The first-order valence-corrected chi connectivity index (χ1v) is 10.4. The number of nitrogens with one attached hydrogen (secondary N) is 1. The van der Waals surface area contributed by atoms with Gasteiger partial charge in [-0.05, 0) is 43.4 Å². The molecule has 6 heteroatoms. The molecule has 1 heterocycles. The van der Waals surface area contributed by atoms with E-state index in [1.165, 1.54) is 0 Å². The highest BCUT2D eigenvalue weighted by Crippen LogP contribution is 2.30. The normalized spacial score (nSPS) is 15.6. The number of hydrogen-bond acceptors (Lipinski definition) is 4. The quantitative estimate of drug-likeness (QED) is 0.648. The Morgan fingerprint density at radius 2 is 1.73 bits per heavy atom. The number of benzene rings is 2. The summed E-state index contributed by atoms with van der Waals surface area (Å²) in [6, 6.07) is 19.4. The maximum atomic E-state index is 13.1. The van der Waals surface area contributed by atoms with Crippen molar-refractivity contribution in [3.8, 4) is 11.3 Å². The molecule has 152 valence electrons. The number of aromatic nitrogens is 1. The van der Waals surface area contributed by atoms with E-state index in [1.807, 2.05) is 59.5 Å². The maximum Gasteiger partial charge on any atom is 0.276 e. The van der Waals surface area contributed by atoms with Crippen molar-refractivity contribution in [2.45, 2.75) is 44.3 Å². The Morgan fingerprint density at radius 3 is 2.40 bits per heavy atom. The van der Waals surface area contributed by atoms with Crippen LogP contribution in [0.4, 0.5) is 0 Å². The SMILES string of the molecule is O=C(NC1CC1)c1ccc(CN(C(=O)c2cc(-c3ccccc3)on2)C2CC2)cc1. The Labute approximate surface area is 174 Å².